The first-order valence-corrected chi connectivity index (χ1v) is 8.13. The largest absolute Gasteiger partial charge is 0.465 e. The molecule has 0 N–H and O–H groups in total. The van der Waals surface area contributed by atoms with Crippen molar-refractivity contribution < 1.29 is 9.53 Å². The molecule has 3 rings (SSSR count). The van der Waals surface area contributed by atoms with E-state index in [1.54, 1.807) is 22.8 Å². The number of carbonyl (C=O) groups excluding carboxylic acids is 1. The van der Waals surface area contributed by atoms with Crippen molar-refractivity contribution in [1.82, 2.24) is 9.47 Å². The SMILES string of the molecule is COC(=O)c1ccc2ccn(CCN3CCCCC3)c(=O)c2c1. The Morgan fingerprint density at radius 2 is 1.91 bits per heavy atom. The molecule has 122 valence electrons. The van der Waals surface area contributed by atoms with E-state index < -0.39 is 5.97 Å². The molecule has 0 bridgehead atoms. The molecule has 1 saturated heterocycles. The first-order valence-electron chi connectivity index (χ1n) is 8.13. The summed E-state index contributed by atoms with van der Waals surface area (Å²) >= 11 is 0. The summed E-state index contributed by atoms with van der Waals surface area (Å²) in [6, 6.07) is 7.03. The number of nitrogens with zero attached hydrogens (tertiary/aromatic N) is 2. The van der Waals surface area contributed by atoms with Gasteiger partial charge in [-0.25, -0.2) is 4.79 Å². The molecule has 1 aromatic carbocycles. The van der Waals surface area contributed by atoms with Crippen LogP contribution in [0.2, 0.25) is 0 Å². The summed E-state index contributed by atoms with van der Waals surface area (Å²) in [6.45, 7) is 3.81. The smallest absolute Gasteiger partial charge is 0.337 e. The van der Waals surface area contributed by atoms with E-state index >= 15 is 0 Å². The number of benzene rings is 1. The number of carbonyl (C=O) groups is 1. The third kappa shape index (κ3) is 3.45. The number of aromatic nitrogens is 1. The quantitative estimate of drug-likeness (QED) is 0.813. The van der Waals surface area contributed by atoms with Gasteiger partial charge in [-0.2, -0.15) is 0 Å². The summed E-state index contributed by atoms with van der Waals surface area (Å²) in [6.07, 6.45) is 5.64. The van der Waals surface area contributed by atoms with Crippen LogP contribution in [0.3, 0.4) is 0 Å². The highest BCUT2D eigenvalue weighted by atomic mass is 16.5. The third-order valence-corrected chi connectivity index (χ3v) is 4.51. The van der Waals surface area contributed by atoms with E-state index in [0.29, 0.717) is 17.5 Å². The fourth-order valence-corrected chi connectivity index (χ4v) is 3.13. The van der Waals surface area contributed by atoms with Crippen LogP contribution in [-0.2, 0) is 11.3 Å². The van der Waals surface area contributed by atoms with Gasteiger partial charge in [0.1, 0.15) is 0 Å². The summed E-state index contributed by atoms with van der Waals surface area (Å²) in [7, 11) is 1.34. The molecule has 5 nitrogen and oxygen atoms in total. The average molecular weight is 314 g/mol. The number of fused-ring (bicyclic) bond motifs is 1. The zero-order valence-corrected chi connectivity index (χ0v) is 13.5. The van der Waals surface area contributed by atoms with Crippen molar-refractivity contribution >= 4 is 16.7 Å². The highest BCUT2D eigenvalue weighted by Crippen LogP contribution is 2.13. The summed E-state index contributed by atoms with van der Waals surface area (Å²) < 4.78 is 6.46. The Morgan fingerprint density at radius 1 is 1.13 bits per heavy atom. The van der Waals surface area contributed by atoms with Crippen molar-refractivity contribution in [2.75, 3.05) is 26.7 Å². The van der Waals surface area contributed by atoms with Crippen LogP contribution < -0.4 is 5.56 Å². The van der Waals surface area contributed by atoms with Gasteiger partial charge in [0.15, 0.2) is 0 Å². The van der Waals surface area contributed by atoms with Crippen molar-refractivity contribution in [2.24, 2.45) is 0 Å². The molecule has 23 heavy (non-hydrogen) atoms. The lowest BCUT2D eigenvalue weighted by molar-refractivity contribution is 0.0601. The minimum absolute atomic E-state index is 0.0507. The van der Waals surface area contributed by atoms with Crippen molar-refractivity contribution in [3.8, 4) is 0 Å². The molecule has 2 heterocycles. The second kappa shape index (κ2) is 6.96. The summed E-state index contributed by atoms with van der Waals surface area (Å²) in [5.41, 5.74) is 0.358. The van der Waals surface area contributed by atoms with E-state index in [0.717, 1.165) is 25.0 Å². The highest BCUT2D eigenvalue weighted by Gasteiger charge is 2.12. The maximum atomic E-state index is 12.7. The molecular formula is C18H22N2O3. The van der Waals surface area contributed by atoms with Crippen LogP contribution in [0, 0.1) is 0 Å². The van der Waals surface area contributed by atoms with E-state index in [1.807, 2.05) is 12.3 Å². The molecule has 0 amide bonds. The molecule has 5 heteroatoms. The van der Waals surface area contributed by atoms with Crippen LogP contribution in [0.4, 0.5) is 0 Å². The predicted molar refractivity (Wildman–Crippen MR) is 89.8 cm³/mol. The second-order valence-electron chi connectivity index (χ2n) is 6.01. The van der Waals surface area contributed by atoms with Crippen LogP contribution >= 0.6 is 0 Å². The molecule has 0 saturated carbocycles. The van der Waals surface area contributed by atoms with Gasteiger partial charge in [0, 0.05) is 24.7 Å². The van der Waals surface area contributed by atoms with Crippen molar-refractivity contribution in [3.05, 3.63) is 46.4 Å². The normalized spacial score (nSPS) is 15.7. The Balaban J connectivity index is 1.84. The van der Waals surface area contributed by atoms with Crippen LogP contribution in [0.25, 0.3) is 10.8 Å². The fourth-order valence-electron chi connectivity index (χ4n) is 3.13. The maximum Gasteiger partial charge on any atom is 0.337 e. The molecule has 1 fully saturated rings. The minimum Gasteiger partial charge on any atom is -0.465 e. The lowest BCUT2D eigenvalue weighted by Gasteiger charge is -2.26. The maximum absolute atomic E-state index is 12.7. The molecule has 1 aliphatic rings. The lowest BCUT2D eigenvalue weighted by Crippen LogP contribution is -2.34. The van der Waals surface area contributed by atoms with Gasteiger partial charge in [-0.05, 0) is 49.5 Å². The molecule has 2 aromatic rings. The fraction of sp³-hybridized carbons (Fsp3) is 0.444. The van der Waals surface area contributed by atoms with Gasteiger partial charge in [-0.3, -0.25) is 4.79 Å². The van der Waals surface area contributed by atoms with E-state index in [9.17, 15) is 9.59 Å². The van der Waals surface area contributed by atoms with Crippen LogP contribution in [0.1, 0.15) is 29.6 Å². The summed E-state index contributed by atoms with van der Waals surface area (Å²) in [5.74, 6) is -0.421. The number of hydrogen-bond acceptors (Lipinski definition) is 4. The molecular weight excluding hydrogens is 292 g/mol. The van der Waals surface area contributed by atoms with Crippen LogP contribution in [-0.4, -0.2) is 42.2 Å². The van der Waals surface area contributed by atoms with E-state index in [1.165, 1.54) is 26.4 Å². The molecule has 1 aromatic heterocycles. The molecule has 0 radical (unpaired) electrons. The van der Waals surface area contributed by atoms with Gasteiger partial charge in [0.2, 0.25) is 0 Å². The van der Waals surface area contributed by atoms with Crippen LogP contribution in [0.15, 0.2) is 35.3 Å². The van der Waals surface area contributed by atoms with Crippen molar-refractivity contribution in [2.45, 2.75) is 25.8 Å². The number of hydrogen-bond donors (Lipinski definition) is 0. The predicted octanol–water partition coefficient (Wildman–Crippen LogP) is 2.27. The average Bonchev–Trinajstić information content (AvgIpc) is 2.61. The van der Waals surface area contributed by atoms with Gasteiger partial charge in [-0.1, -0.05) is 12.5 Å². The van der Waals surface area contributed by atoms with E-state index in [-0.39, 0.29) is 5.56 Å². The topological polar surface area (TPSA) is 51.5 Å². The van der Waals surface area contributed by atoms with Gasteiger partial charge >= 0.3 is 5.97 Å². The first kappa shape index (κ1) is 15.7. The molecule has 0 aliphatic carbocycles. The molecule has 0 atom stereocenters. The number of piperidine rings is 1. The Morgan fingerprint density at radius 3 is 2.65 bits per heavy atom. The lowest BCUT2D eigenvalue weighted by atomic mass is 10.1. The van der Waals surface area contributed by atoms with Gasteiger partial charge in [-0.15, -0.1) is 0 Å². The first-order chi connectivity index (χ1) is 11.2. The van der Waals surface area contributed by atoms with Gasteiger partial charge < -0.3 is 14.2 Å². The summed E-state index contributed by atoms with van der Waals surface area (Å²) in [5, 5.41) is 1.41. The number of rotatable bonds is 4. The Hall–Kier alpha value is -2.14. The number of ether oxygens (including phenoxy) is 1. The molecule has 0 spiro atoms. The van der Waals surface area contributed by atoms with Crippen molar-refractivity contribution in [1.29, 1.82) is 0 Å². The minimum atomic E-state index is -0.421. The zero-order valence-electron chi connectivity index (χ0n) is 13.5. The van der Waals surface area contributed by atoms with Crippen LogP contribution in [0.5, 0.6) is 0 Å². The monoisotopic (exact) mass is 314 g/mol. The third-order valence-electron chi connectivity index (χ3n) is 4.51. The summed E-state index contributed by atoms with van der Waals surface area (Å²) in [4.78, 5) is 26.7. The van der Waals surface area contributed by atoms with Gasteiger partial charge in [0.25, 0.3) is 5.56 Å². The molecule has 0 unspecified atom stereocenters. The number of pyridine rings is 1. The Bertz CT molecular complexity index is 760. The second-order valence-corrected chi connectivity index (χ2v) is 6.01. The highest BCUT2D eigenvalue weighted by molar-refractivity contribution is 5.95. The number of methoxy groups -OCH3 is 1. The van der Waals surface area contributed by atoms with E-state index in [2.05, 4.69) is 4.90 Å². The molecule has 1 aliphatic heterocycles. The van der Waals surface area contributed by atoms with Gasteiger partial charge in [0.05, 0.1) is 12.7 Å². The standard InChI is InChI=1S/C18H22N2O3/c1-23-18(22)15-6-5-14-7-10-20(17(21)16(14)13-15)12-11-19-8-3-2-4-9-19/h5-7,10,13H,2-4,8-9,11-12H2,1H3. The Labute approximate surface area is 135 Å². The zero-order chi connectivity index (χ0) is 16.2. The Kier molecular flexibility index (Phi) is 4.76. The van der Waals surface area contributed by atoms with Crippen molar-refractivity contribution in [3.63, 3.8) is 0 Å². The van der Waals surface area contributed by atoms with E-state index in [4.69, 9.17) is 4.74 Å². The number of likely N-dealkylation sites (tertiary alicyclic amines) is 1. The number of esters is 1.